The summed E-state index contributed by atoms with van der Waals surface area (Å²) in [5.74, 6) is -2.63. The molecular weight excluding hydrogens is 336 g/mol. The second-order valence-corrected chi connectivity index (χ2v) is 6.62. The number of hydrogen-bond acceptors (Lipinski definition) is 5. The van der Waals surface area contributed by atoms with Crippen molar-refractivity contribution in [2.75, 3.05) is 4.90 Å². The summed E-state index contributed by atoms with van der Waals surface area (Å²) in [6, 6.07) is 8.66. The fourth-order valence-corrected chi connectivity index (χ4v) is 2.96. The van der Waals surface area contributed by atoms with Gasteiger partial charge in [0.05, 0.1) is 27.3 Å². The van der Waals surface area contributed by atoms with Crippen LogP contribution in [0.25, 0.3) is 0 Å². The number of nitrogens with two attached hydrogens (primary N) is 1. The number of carboxylic acids is 1. The number of rotatable bonds is 3. The van der Waals surface area contributed by atoms with Crippen molar-refractivity contribution < 1.29 is 27.9 Å². The number of amides is 2. The lowest BCUT2D eigenvalue weighted by atomic mass is 10.1. The number of fused-ring (bicyclic) bond motifs is 1. The Labute approximate surface area is 136 Å². The predicted molar refractivity (Wildman–Crippen MR) is 82.4 cm³/mol. The number of imide groups is 1. The molecule has 0 radical (unpaired) electrons. The van der Waals surface area contributed by atoms with Crippen LogP contribution in [0.2, 0.25) is 0 Å². The maximum absolute atomic E-state index is 12.5. The van der Waals surface area contributed by atoms with Crippen LogP contribution in [-0.4, -0.2) is 31.3 Å². The first-order valence-corrected chi connectivity index (χ1v) is 8.14. The van der Waals surface area contributed by atoms with Gasteiger partial charge in [0.25, 0.3) is 11.8 Å². The Morgan fingerprint density at radius 3 is 2.29 bits per heavy atom. The molecule has 9 heteroatoms. The van der Waals surface area contributed by atoms with Crippen molar-refractivity contribution in [1.82, 2.24) is 0 Å². The number of carbonyl (C=O) groups excluding carboxylic acids is 2. The number of primary sulfonamides is 1. The van der Waals surface area contributed by atoms with Crippen molar-refractivity contribution in [2.45, 2.75) is 4.90 Å². The Balaban J connectivity index is 2.10. The van der Waals surface area contributed by atoms with Crippen LogP contribution in [0.4, 0.5) is 5.69 Å². The normalized spacial score (nSPS) is 14.0. The van der Waals surface area contributed by atoms with E-state index in [2.05, 4.69) is 0 Å². The molecule has 3 rings (SSSR count). The van der Waals surface area contributed by atoms with Crippen molar-refractivity contribution in [3.8, 4) is 0 Å². The first-order chi connectivity index (χ1) is 11.2. The number of sulfonamides is 1. The summed E-state index contributed by atoms with van der Waals surface area (Å²) >= 11 is 0. The summed E-state index contributed by atoms with van der Waals surface area (Å²) in [5.41, 5.74) is -0.105. The van der Waals surface area contributed by atoms with Crippen LogP contribution < -0.4 is 10.0 Å². The van der Waals surface area contributed by atoms with Gasteiger partial charge in [0.15, 0.2) is 0 Å². The van der Waals surface area contributed by atoms with E-state index in [0.717, 1.165) is 17.0 Å². The summed E-state index contributed by atoms with van der Waals surface area (Å²) in [5, 5.41) is 14.0. The first-order valence-electron chi connectivity index (χ1n) is 6.59. The number of carbonyl (C=O) groups is 3. The van der Waals surface area contributed by atoms with Gasteiger partial charge in [-0.2, -0.15) is 0 Å². The minimum Gasteiger partial charge on any atom is -0.478 e. The third-order valence-electron chi connectivity index (χ3n) is 3.54. The van der Waals surface area contributed by atoms with Crippen LogP contribution in [-0.2, 0) is 10.0 Å². The van der Waals surface area contributed by atoms with Gasteiger partial charge in [0, 0.05) is 0 Å². The SMILES string of the molecule is NS(=O)(=O)c1cccc(N2C(=O)c3ccc(C(=O)O)cc3C2=O)c1. The Kier molecular flexibility index (Phi) is 3.47. The highest BCUT2D eigenvalue weighted by molar-refractivity contribution is 7.89. The average molecular weight is 346 g/mol. The van der Waals surface area contributed by atoms with Gasteiger partial charge in [0.1, 0.15) is 0 Å². The molecule has 2 aromatic carbocycles. The molecule has 0 bridgehead atoms. The van der Waals surface area contributed by atoms with Crippen LogP contribution in [0.3, 0.4) is 0 Å². The summed E-state index contributed by atoms with van der Waals surface area (Å²) in [4.78, 5) is 36.4. The van der Waals surface area contributed by atoms with Gasteiger partial charge in [0.2, 0.25) is 10.0 Å². The van der Waals surface area contributed by atoms with E-state index in [1.165, 1.54) is 30.3 Å². The summed E-state index contributed by atoms with van der Waals surface area (Å²) in [6.07, 6.45) is 0. The minimum atomic E-state index is -4.00. The Bertz CT molecular complexity index is 1010. The van der Waals surface area contributed by atoms with Gasteiger partial charge < -0.3 is 5.11 Å². The maximum Gasteiger partial charge on any atom is 0.335 e. The van der Waals surface area contributed by atoms with Gasteiger partial charge in [-0.1, -0.05) is 6.07 Å². The summed E-state index contributed by atoms with van der Waals surface area (Å²) < 4.78 is 22.9. The molecule has 0 unspecified atom stereocenters. The molecule has 0 saturated heterocycles. The molecule has 0 atom stereocenters. The van der Waals surface area contributed by atoms with E-state index in [9.17, 15) is 22.8 Å². The highest BCUT2D eigenvalue weighted by Crippen LogP contribution is 2.30. The van der Waals surface area contributed by atoms with Gasteiger partial charge >= 0.3 is 5.97 Å². The van der Waals surface area contributed by atoms with Crippen LogP contribution in [0, 0.1) is 0 Å². The summed E-state index contributed by atoms with van der Waals surface area (Å²) in [7, 11) is -4.00. The largest absolute Gasteiger partial charge is 0.478 e. The zero-order chi connectivity index (χ0) is 17.6. The average Bonchev–Trinajstić information content (AvgIpc) is 2.77. The van der Waals surface area contributed by atoms with E-state index in [1.54, 1.807) is 0 Å². The molecule has 1 heterocycles. The van der Waals surface area contributed by atoms with Crippen LogP contribution in [0.1, 0.15) is 31.1 Å². The lowest BCUT2D eigenvalue weighted by molar-refractivity contribution is 0.0696. The van der Waals surface area contributed by atoms with Gasteiger partial charge in [-0.05, 0) is 36.4 Å². The van der Waals surface area contributed by atoms with Gasteiger partial charge in [-0.3, -0.25) is 9.59 Å². The van der Waals surface area contributed by atoms with Gasteiger partial charge in [-0.15, -0.1) is 0 Å². The zero-order valence-corrected chi connectivity index (χ0v) is 12.8. The minimum absolute atomic E-state index is 0.0320. The number of nitrogens with zero attached hydrogens (tertiary/aromatic N) is 1. The summed E-state index contributed by atoms with van der Waals surface area (Å²) in [6.45, 7) is 0. The molecule has 1 aliphatic rings. The molecule has 0 fully saturated rings. The number of carboxylic acid groups (broad SMARTS) is 1. The van der Waals surface area contributed by atoms with Crippen molar-refractivity contribution in [3.05, 3.63) is 59.2 Å². The Morgan fingerprint density at radius 1 is 1.00 bits per heavy atom. The van der Waals surface area contributed by atoms with Crippen LogP contribution in [0.15, 0.2) is 47.4 Å². The van der Waals surface area contributed by atoms with Crippen molar-refractivity contribution >= 4 is 33.5 Å². The standard InChI is InChI=1S/C15H10N2O6S/c16-24(22,23)10-3-1-2-9(7-10)17-13(18)11-5-4-8(15(20)21)6-12(11)14(17)19/h1-7H,(H,20,21)(H2,16,22,23). The van der Waals surface area contributed by atoms with E-state index in [0.29, 0.717) is 0 Å². The Hall–Kier alpha value is -3.04. The molecule has 2 aromatic rings. The second-order valence-electron chi connectivity index (χ2n) is 5.05. The molecule has 8 nitrogen and oxygen atoms in total. The molecule has 3 N–H and O–H groups in total. The lowest BCUT2D eigenvalue weighted by Crippen LogP contribution is -2.29. The first kappa shape index (κ1) is 15.8. The number of hydrogen-bond donors (Lipinski definition) is 2. The van der Waals surface area contributed by atoms with E-state index in [-0.39, 0.29) is 27.3 Å². The smallest absolute Gasteiger partial charge is 0.335 e. The number of benzene rings is 2. The van der Waals surface area contributed by atoms with Crippen molar-refractivity contribution in [1.29, 1.82) is 0 Å². The molecule has 0 aromatic heterocycles. The van der Waals surface area contributed by atoms with Crippen LogP contribution in [0.5, 0.6) is 0 Å². The molecular formula is C15H10N2O6S. The molecule has 0 spiro atoms. The fraction of sp³-hybridized carbons (Fsp3) is 0. The molecule has 0 saturated carbocycles. The van der Waals surface area contributed by atoms with E-state index in [1.807, 2.05) is 0 Å². The van der Waals surface area contributed by atoms with Crippen molar-refractivity contribution in [3.63, 3.8) is 0 Å². The predicted octanol–water partition coefficient (Wildman–Crippen LogP) is 0.833. The van der Waals surface area contributed by atoms with Crippen molar-refractivity contribution in [2.24, 2.45) is 5.14 Å². The molecule has 2 amide bonds. The highest BCUT2D eigenvalue weighted by Gasteiger charge is 2.37. The van der Waals surface area contributed by atoms with Gasteiger partial charge in [-0.25, -0.2) is 23.3 Å². The second kappa shape index (κ2) is 5.25. The molecule has 1 aliphatic heterocycles. The Morgan fingerprint density at radius 2 is 1.67 bits per heavy atom. The lowest BCUT2D eigenvalue weighted by Gasteiger charge is -2.14. The van der Waals surface area contributed by atoms with E-state index in [4.69, 9.17) is 10.2 Å². The monoisotopic (exact) mass is 346 g/mol. The van der Waals surface area contributed by atoms with E-state index >= 15 is 0 Å². The number of aromatic carboxylic acids is 1. The highest BCUT2D eigenvalue weighted by atomic mass is 32.2. The molecule has 122 valence electrons. The third-order valence-corrected chi connectivity index (χ3v) is 4.45. The van der Waals surface area contributed by atoms with Crippen LogP contribution >= 0.6 is 0 Å². The van der Waals surface area contributed by atoms with E-state index < -0.39 is 27.8 Å². The molecule has 0 aliphatic carbocycles. The quantitative estimate of drug-likeness (QED) is 0.790. The topological polar surface area (TPSA) is 135 Å². The zero-order valence-electron chi connectivity index (χ0n) is 12.0. The molecule has 24 heavy (non-hydrogen) atoms. The third kappa shape index (κ3) is 2.45. The number of anilines is 1. The fourth-order valence-electron chi connectivity index (χ4n) is 2.41. The maximum atomic E-state index is 12.5.